The molecular weight excluding hydrogens is 199 g/mol. The molecule has 0 saturated carbocycles. The van der Waals surface area contributed by atoms with Crippen LogP contribution in [0.15, 0.2) is 18.2 Å². The van der Waals surface area contributed by atoms with Crippen LogP contribution in [-0.2, 0) is 9.53 Å². The van der Waals surface area contributed by atoms with Gasteiger partial charge < -0.3 is 9.84 Å². The molecule has 0 aliphatic heterocycles. The van der Waals surface area contributed by atoms with Crippen molar-refractivity contribution in [1.82, 2.24) is 0 Å². The summed E-state index contributed by atoms with van der Waals surface area (Å²) in [6.45, 7) is 1.60. The Morgan fingerprint density at radius 2 is 2.27 bits per heavy atom. The maximum Gasteiger partial charge on any atom is 0.308 e. The molecule has 1 atom stereocenters. The van der Waals surface area contributed by atoms with Crippen molar-refractivity contribution in [3.8, 4) is 0 Å². The molecule has 0 bridgehead atoms. The molecule has 1 rings (SSSR count). The van der Waals surface area contributed by atoms with E-state index >= 15 is 0 Å². The number of ether oxygens (including phenoxy) is 1. The van der Waals surface area contributed by atoms with Crippen molar-refractivity contribution in [3.63, 3.8) is 0 Å². The average Bonchev–Trinajstić information content (AvgIpc) is 2.21. The Morgan fingerprint density at radius 1 is 1.60 bits per heavy atom. The molecule has 0 aliphatic rings. The van der Waals surface area contributed by atoms with Gasteiger partial charge in [0.2, 0.25) is 0 Å². The van der Waals surface area contributed by atoms with E-state index in [9.17, 15) is 14.3 Å². The molecule has 15 heavy (non-hydrogen) atoms. The third-order valence-corrected chi connectivity index (χ3v) is 2.15. The first-order valence-corrected chi connectivity index (χ1v) is 4.55. The van der Waals surface area contributed by atoms with Crippen molar-refractivity contribution in [1.29, 1.82) is 0 Å². The highest BCUT2D eigenvalue weighted by atomic mass is 19.1. The zero-order valence-corrected chi connectivity index (χ0v) is 8.66. The molecule has 1 unspecified atom stereocenters. The largest absolute Gasteiger partial charge is 0.469 e. The molecule has 1 N–H and O–H groups in total. The molecule has 82 valence electrons. The Balaban J connectivity index is 2.78. The predicted octanol–water partition coefficient (Wildman–Crippen LogP) is 1.73. The smallest absolute Gasteiger partial charge is 0.308 e. The van der Waals surface area contributed by atoms with Crippen LogP contribution in [0.5, 0.6) is 0 Å². The highest BCUT2D eigenvalue weighted by Gasteiger charge is 2.13. The van der Waals surface area contributed by atoms with E-state index in [0.29, 0.717) is 11.1 Å². The van der Waals surface area contributed by atoms with Crippen LogP contribution in [0.2, 0.25) is 0 Å². The van der Waals surface area contributed by atoms with Gasteiger partial charge in [-0.25, -0.2) is 4.39 Å². The highest BCUT2D eigenvalue weighted by molar-refractivity contribution is 5.70. The first-order valence-electron chi connectivity index (χ1n) is 4.55. The van der Waals surface area contributed by atoms with Gasteiger partial charge in [-0.1, -0.05) is 12.1 Å². The lowest BCUT2D eigenvalue weighted by molar-refractivity contribution is -0.142. The fraction of sp³-hybridized carbons (Fsp3) is 0.364. The molecule has 0 fully saturated rings. The fourth-order valence-electron chi connectivity index (χ4n) is 1.23. The first-order chi connectivity index (χ1) is 7.04. The number of carbonyl (C=O) groups is 1. The predicted molar refractivity (Wildman–Crippen MR) is 52.7 cm³/mol. The normalized spacial score (nSPS) is 12.3. The lowest BCUT2D eigenvalue weighted by Crippen LogP contribution is -2.08. The van der Waals surface area contributed by atoms with Crippen molar-refractivity contribution < 1.29 is 19.0 Å². The number of carbonyl (C=O) groups excluding carboxylic acids is 1. The van der Waals surface area contributed by atoms with Gasteiger partial charge in [-0.05, 0) is 24.1 Å². The molecule has 1 aromatic rings. The second-order valence-electron chi connectivity index (χ2n) is 3.30. The van der Waals surface area contributed by atoms with Crippen molar-refractivity contribution in [2.24, 2.45) is 0 Å². The van der Waals surface area contributed by atoms with E-state index in [1.54, 1.807) is 6.92 Å². The molecule has 0 aromatic heterocycles. The summed E-state index contributed by atoms with van der Waals surface area (Å²) in [4.78, 5) is 10.9. The van der Waals surface area contributed by atoms with Gasteiger partial charge in [-0.2, -0.15) is 0 Å². The summed E-state index contributed by atoms with van der Waals surface area (Å²) in [6, 6.07) is 4.24. The maximum atomic E-state index is 12.9. The van der Waals surface area contributed by atoms with Crippen LogP contribution in [0.1, 0.15) is 23.7 Å². The number of aliphatic hydroxyl groups excluding tert-OH is 1. The number of esters is 1. The zero-order valence-electron chi connectivity index (χ0n) is 8.66. The lowest BCUT2D eigenvalue weighted by Gasteiger charge is -2.10. The van der Waals surface area contributed by atoms with E-state index in [0.717, 1.165) is 0 Å². The number of rotatable bonds is 3. The highest BCUT2D eigenvalue weighted by Crippen LogP contribution is 2.19. The van der Waals surface area contributed by atoms with Gasteiger partial charge in [0, 0.05) is 0 Å². The van der Waals surface area contributed by atoms with Crippen molar-refractivity contribution in [2.45, 2.75) is 19.4 Å². The third-order valence-electron chi connectivity index (χ3n) is 2.15. The summed E-state index contributed by atoms with van der Waals surface area (Å²) in [5.41, 5.74) is 0.954. The van der Waals surface area contributed by atoms with E-state index in [-0.39, 0.29) is 12.2 Å². The fourth-order valence-corrected chi connectivity index (χ4v) is 1.23. The minimum atomic E-state index is -0.947. The minimum Gasteiger partial charge on any atom is -0.469 e. The summed E-state index contributed by atoms with van der Waals surface area (Å²) < 4.78 is 17.3. The second-order valence-corrected chi connectivity index (χ2v) is 3.30. The van der Waals surface area contributed by atoms with E-state index in [1.807, 2.05) is 0 Å². The zero-order chi connectivity index (χ0) is 11.4. The van der Waals surface area contributed by atoms with Gasteiger partial charge in [0.15, 0.2) is 0 Å². The second kappa shape index (κ2) is 4.89. The standard InChI is InChI=1S/C11H13FO3/c1-7-5-8(3-4-9(7)12)10(13)6-11(14)15-2/h3-5,10,13H,6H2,1-2H3. The number of benzene rings is 1. The number of halogens is 1. The molecular formula is C11H13FO3. The molecule has 0 spiro atoms. The number of aryl methyl sites for hydroxylation is 1. The van der Waals surface area contributed by atoms with Gasteiger partial charge in [0.05, 0.1) is 19.6 Å². The average molecular weight is 212 g/mol. The molecule has 4 heteroatoms. The van der Waals surface area contributed by atoms with Crippen molar-refractivity contribution >= 4 is 5.97 Å². The quantitative estimate of drug-likeness (QED) is 0.776. The Labute approximate surface area is 87.5 Å². The Kier molecular flexibility index (Phi) is 3.80. The summed E-state index contributed by atoms with van der Waals surface area (Å²) >= 11 is 0. The summed E-state index contributed by atoms with van der Waals surface area (Å²) in [5, 5.41) is 9.61. The van der Waals surface area contributed by atoms with E-state index < -0.39 is 12.1 Å². The minimum absolute atomic E-state index is 0.123. The van der Waals surface area contributed by atoms with E-state index in [1.165, 1.54) is 25.3 Å². The van der Waals surface area contributed by atoms with Gasteiger partial charge in [0.25, 0.3) is 0 Å². The summed E-state index contributed by atoms with van der Waals surface area (Å²) in [5.74, 6) is -0.825. The SMILES string of the molecule is COC(=O)CC(O)c1ccc(F)c(C)c1. The summed E-state index contributed by atoms with van der Waals surface area (Å²) in [6.07, 6.45) is -1.07. The van der Waals surface area contributed by atoms with E-state index in [4.69, 9.17) is 0 Å². The van der Waals surface area contributed by atoms with Gasteiger partial charge in [0.1, 0.15) is 5.82 Å². The van der Waals surface area contributed by atoms with E-state index in [2.05, 4.69) is 4.74 Å². The molecule has 3 nitrogen and oxygen atoms in total. The van der Waals surface area contributed by atoms with Gasteiger partial charge in [-0.3, -0.25) is 4.79 Å². The van der Waals surface area contributed by atoms with Gasteiger partial charge in [-0.15, -0.1) is 0 Å². The topological polar surface area (TPSA) is 46.5 Å². The summed E-state index contributed by atoms with van der Waals surface area (Å²) in [7, 11) is 1.25. The maximum absolute atomic E-state index is 12.9. The number of methoxy groups -OCH3 is 1. The van der Waals surface area contributed by atoms with Crippen LogP contribution in [0.25, 0.3) is 0 Å². The van der Waals surface area contributed by atoms with Crippen LogP contribution >= 0.6 is 0 Å². The van der Waals surface area contributed by atoms with Crippen LogP contribution in [-0.4, -0.2) is 18.2 Å². The van der Waals surface area contributed by atoms with Crippen LogP contribution in [0.4, 0.5) is 4.39 Å². The molecule has 0 heterocycles. The molecule has 0 radical (unpaired) electrons. The Bertz CT molecular complexity index is 363. The number of hydrogen-bond donors (Lipinski definition) is 1. The van der Waals surface area contributed by atoms with Gasteiger partial charge >= 0.3 is 5.97 Å². The van der Waals surface area contributed by atoms with Crippen molar-refractivity contribution in [3.05, 3.63) is 35.1 Å². The molecule has 0 saturated heterocycles. The number of aliphatic hydroxyl groups is 1. The number of hydrogen-bond acceptors (Lipinski definition) is 3. The van der Waals surface area contributed by atoms with Crippen LogP contribution in [0.3, 0.4) is 0 Å². The third kappa shape index (κ3) is 3.02. The van der Waals surface area contributed by atoms with Crippen LogP contribution in [0, 0.1) is 12.7 Å². The first kappa shape index (κ1) is 11.7. The lowest BCUT2D eigenvalue weighted by atomic mass is 10.0. The Hall–Kier alpha value is -1.42. The van der Waals surface area contributed by atoms with Crippen LogP contribution < -0.4 is 0 Å². The monoisotopic (exact) mass is 212 g/mol. The Morgan fingerprint density at radius 3 is 2.80 bits per heavy atom. The van der Waals surface area contributed by atoms with Crippen molar-refractivity contribution in [2.75, 3.05) is 7.11 Å². The molecule has 0 aliphatic carbocycles. The molecule has 0 amide bonds. The molecule has 1 aromatic carbocycles.